The second-order valence-corrected chi connectivity index (χ2v) is 5.94. The maximum absolute atomic E-state index is 12.4. The average Bonchev–Trinajstić information content (AvgIpc) is 3.18. The molecule has 0 spiro atoms. The second-order valence-electron chi connectivity index (χ2n) is 5.05. The highest BCUT2D eigenvalue weighted by atomic mass is 32.1. The van der Waals surface area contributed by atoms with E-state index in [1.54, 1.807) is 35.8 Å². The molecule has 0 unspecified atom stereocenters. The number of aromatic nitrogens is 3. The molecule has 3 aromatic rings. The molecule has 1 aromatic carbocycles. The molecule has 5 N–H and O–H groups in total. The number of hydrogen-bond donors (Lipinski definition) is 4. The van der Waals surface area contributed by atoms with Gasteiger partial charge in [-0.25, -0.2) is 9.97 Å². The van der Waals surface area contributed by atoms with E-state index in [2.05, 4.69) is 20.3 Å². The summed E-state index contributed by atoms with van der Waals surface area (Å²) in [5.41, 5.74) is 4.87. The molecule has 1 amide bonds. The predicted octanol–water partition coefficient (Wildman–Crippen LogP) is 0.824. The summed E-state index contributed by atoms with van der Waals surface area (Å²) < 4.78 is 5.29. The Labute approximate surface area is 151 Å². The van der Waals surface area contributed by atoms with Crippen LogP contribution in [-0.2, 0) is 6.54 Å². The number of thiazole rings is 1. The number of nitrogens with two attached hydrogens (primary N) is 1. The molecule has 0 bridgehead atoms. The molecule has 2 heterocycles. The van der Waals surface area contributed by atoms with E-state index in [9.17, 15) is 14.7 Å². The molecule has 0 atom stereocenters. The maximum atomic E-state index is 12.4. The third-order valence-electron chi connectivity index (χ3n) is 3.40. The lowest BCUT2D eigenvalue weighted by atomic mass is 10.2. The molecule has 0 aliphatic carbocycles. The van der Waals surface area contributed by atoms with E-state index in [0.717, 1.165) is 0 Å². The minimum Gasteiger partial charge on any atom is -0.501 e. The lowest BCUT2D eigenvalue weighted by molar-refractivity contribution is 0.0942. The zero-order chi connectivity index (χ0) is 18.5. The summed E-state index contributed by atoms with van der Waals surface area (Å²) in [6.45, 7) is 0.105. The summed E-state index contributed by atoms with van der Waals surface area (Å²) in [6.07, 6.45) is 1.54. The van der Waals surface area contributed by atoms with Crippen molar-refractivity contribution < 1.29 is 14.6 Å². The van der Waals surface area contributed by atoms with Crippen molar-refractivity contribution in [1.29, 1.82) is 0 Å². The van der Waals surface area contributed by atoms with Gasteiger partial charge in [0.25, 0.3) is 11.5 Å². The number of amides is 1. The molecule has 0 fully saturated rings. The van der Waals surface area contributed by atoms with E-state index in [0.29, 0.717) is 16.3 Å². The van der Waals surface area contributed by atoms with Gasteiger partial charge >= 0.3 is 0 Å². The third-order valence-corrected chi connectivity index (χ3v) is 4.18. The molecule has 0 radical (unpaired) electrons. The van der Waals surface area contributed by atoms with Gasteiger partial charge in [-0.1, -0.05) is 18.2 Å². The summed E-state index contributed by atoms with van der Waals surface area (Å²) in [5.74, 6) is -0.815. The summed E-state index contributed by atoms with van der Waals surface area (Å²) in [7, 11) is 0. The lowest BCUT2D eigenvalue weighted by Gasteiger charge is -2.11. The number of nitrogens with one attached hydrogen (secondary N) is 2. The van der Waals surface area contributed by atoms with Gasteiger partial charge in [-0.15, -0.1) is 11.3 Å². The van der Waals surface area contributed by atoms with E-state index in [1.807, 2.05) is 0 Å². The van der Waals surface area contributed by atoms with Gasteiger partial charge in [0.05, 0.1) is 0 Å². The van der Waals surface area contributed by atoms with Crippen LogP contribution in [0, 0.1) is 0 Å². The number of nitrogens with zero attached hydrogens (tertiary/aromatic N) is 2. The van der Waals surface area contributed by atoms with E-state index in [4.69, 9.17) is 10.5 Å². The van der Waals surface area contributed by atoms with Crippen LogP contribution in [0.5, 0.6) is 11.5 Å². The van der Waals surface area contributed by atoms with E-state index in [-0.39, 0.29) is 24.8 Å². The Morgan fingerprint density at radius 3 is 2.92 bits per heavy atom. The first-order chi connectivity index (χ1) is 12.6. The van der Waals surface area contributed by atoms with Crippen LogP contribution in [-0.4, -0.2) is 32.7 Å². The summed E-state index contributed by atoms with van der Waals surface area (Å²) in [6, 6.07) is 7.05. The first kappa shape index (κ1) is 17.6. The Balaban J connectivity index is 1.83. The molecule has 3 rings (SSSR count). The van der Waals surface area contributed by atoms with Crippen LogP contribution >= 0.6 is 11.3 Å². The molecule has 134 valence electrons. The summed E-state index contributed by atoms with van der Waals surface area (Å²) in [4.78, 5) is 34.7. The SMILES string of the molecule is NCOc1ccccc1CNC(=O)c1nc(-c2nccs2)[nH]c(=O)c1O. The number of rotatable bonds is 6. The Morgan fingerprint density at radius 1 is 1.38 bits per heavy atom. The van der Waals surface area contributed by atoms with E-state index < -0.39 is 17.2 Å². The molecular formula is C16H15N5O4S. The van der Waals surface area contributed by atoms with Gasteiger partial charge in [0.1, 0.15) is 12.5 Å². The normalized spacial score (nSPS) is 10.5. The van der Waals surface area contributed by atoms with Crippen LogP contribution in [0.25, 0.3) is 10.8 Å². The highest BCUT2D eigenvalue weighted by molar-refractivity contribution is 7.13. The molecule has 0 aliphatic heterocycles. The van der Waals surface area contributed by atoms with E-state index in [1.165, 1.54) is 11.3 Å². The molecule has 26 heavy (non-hydrogen) atoms. The zero-order valence-corrected chi connectivity index (χ0v) is 14.2. The standard InChI is InChI=1S/C16H15N5O4S/c17-8-25-10-4-2-1-3-9(10)7-19-14(23)11-12(22)15(24)21-13(20-11)16-18-5-6-26-16/h1-6,22H,7-8,17H2,(H,19,23)(H,20,21,24). The van der Waals surface area contributed by atoms with Crippen molar-refractivity contribution >= 4 is 17.2 Å². The third kappa shape index (κ3) is 3.71. The largest absolute Gasteiger partial charge is 0.501 e. The van der Waals surface area contributed by atoms with Crippen LogP contribution in [0.2, 0.25) is 0 Å². The second kappa shape index (κ2) is 7.76. The van der Waals surface area contributed by atoms with Crippen molar-refractivity contribution in [3.8, 4) is 22.3 Å². The van der Waals surface area contributed by atoms with Gasteiger partial charge in [-0.05, 0) is 6.07 Å². The van der Waals surface area contributed by atoms with Gasteiger partial charge < -0.3 is 20.1 Å². The Morgan fingerprint density at radius 2 is 2.19 bits per heavy atom. The highest BCUT2D eigenvalue weighted by Crippen LogP contribution is 2.20. The number of carbonyl (C=O) groups is 1. The number of para-hydroxylation sites is 1. The fourth-order valence-corrected chi connectivity index (χ4v) is 2.79. The maximum Gasteiger partial charge on any atom is 0.294 e. The minimum atomic E-state index is -0.817. The molecule has 9 nitrogen and oxygen atoms in total. The Bertz CT molecular complexity index is 971. The van der Waals surface area contributed by atoms with Crippen LogP contribution in [0.3, 0.4) is 0 Å². The van der Waals surface area contributed by atoms with Gasteiger partial charge in [0, 0.05) is 23.7 Å². The average molecular weight is 373 g/mol. The van der Waals surface area contributed by atoms with Crippen molar-refractivity contribution in [3.63, 3.8) is 0 Å². The first-order valence-electron chi connectivity index (χ1n) is 7.52. The fraction of sp³-hybridized carbons (Fsp3) is 0.125. The van der Waals surface area contributed by atoms with Gasteiger partial charge in [0.15, 0.2) is 16.5 Å². The lowest BCUT2D eigenvalue weighted by Crippen LogP contribution is -2.27. The molecular weight excluding hydrogens is 358 g/mol. The van der Waals surface area contributed by atoms with Crippen LogP contribution in [0.15, 0.2) is 40.6 Å². The molecule has 0 aliphatic rings. The summed E-state index contributed by atoms with van der Waals surface area (Å²) in [5, 5.41) is 14.6. The first-order valence-corrected chi connectivity index (χ1v) is 8.40. The molecule has 0 saturated carbocycles. The number of benzene rings is 1. The zero-order valence-electron chi connectivity index (χ0n) is 13.4. The van der Waals surface area contributed by atoms with Gasteiger partial charge in [-0.2, -0.15) is 0 Å². The number of carbonyl (C=O) groups excluding carboxylic acids is 1. The van der Waals surface area contributed by atoms with Crippen LogP contribution in [0.1, 0.15) is 16.1 Å². The Kier molecular flexibility index (Phi) is 5.25. The van der Waals surface area contributed by atoms with Crippen molar-refractivity contribution in [3.05, 3.63) is 57.5 Å². The monoisotopic (exact) mass is 373 g/mol. The minimum absolute atomic E-state index is 0.00145. The topological polar surface area (TPSA) is 143 Å². The quantitative estimate of drug-likeness (QED) is 0.468. The molecule has 10 heteroatoms. The van der Waals surface area contributed by atoms with Crippen LogP contribution < -0.4 is 21.3 Å². The molecule has 2 aromatic heterocycles. The van der Waals surface area contributed by atoms with E-state index >= 15 is 0 Å². The number of aromatic amines is 1. The predicted molar refractivity (Wildman–Crippen MR) is 94.9 cm³/mol. The van der Waals surface area contributed by atoms with Crippen molar-refractivity contribution in [2.45, 2.75) is 6.54 Å². The van der Waals surface area contributed by atoms with Gasteiger partial charge in [0.2, 0.25) is 5.75 Å². The van der Waals surface area contributed by atoms with Crippen molar-refractivity contribution in [2.75, 3.05) is 6.73 Å². The molecule has 0 saturated heterocycles. The van der Waals surface area contributed by atoms with Gasteiger partial charge in [-0.3, -0.25) is 15.3 Å². The number of hydrogen-bond acceptors (Lipinski definition) is 8. The van der Waals surface area contributed by atoms with Crippen molar-refractivity contribution in [2.24, 2.45) is 5.73 Å². The number of H-pyrrole nitrogens is 1. The summed E-state index contributed by atoms with van der Waals surface area (Å²) >= 11 is 1.24. The fourth-order valence-electron chi connectivity index (χ4n) is 2.21. The highest BCUT2D eigenvalue weighted by Gasteiger charge is 2.19. The van der Waals surface area contributed by atoms with Crippen LogP contribution in [0.4, 0.5) is 0 Å². The Hall–Kier alpha value is -3.24. The number of aromatic hydroxyl groups is 1. The smallest absolute Gasteiger partial charge is 0.294 e. The number of ether oxygens (including phenoxy) is 1. The van der Waals surface area contributed by atoms with Crippen molar-refractivity contribution in [1.82, 2.24) is 20.3 Å².